The average molecular weight is 359 g/mol. The van der Waals surface area contributed by atoms with Crippen LogP contribution in [0, 0.1) is 0 Å². The van der Waals surface area contributed by atoms with E-state index in [0.29, 0.717) is 11.4 Å². The average Bonchev–Trinajstić information content (AvgIpc) is 2.64. The third-order valence-electron chi connectivity index (χ3n) is 4.45. The summed E-state index contributed by atoms with van der Waals surface area (Å²) in [6, 6.07) is 11.2. The van der Waals surface area contributed by atoms with Gasteiger partial charge in [-0.2, -0.15) is 0 Å². The van der Waals surface area contributed by atoms with Crippen molar-refractivity contribution in [1.82, 2.24) is 9.88 Å². The van der Waals surface area contributed by atoms with Crippen LogP contribution in [-0.4, -0.2) is 48.5 Å². The minimum absolute atomic E-state index is 0.0616. The van der Waals surface area contributed by atoms with Crippen LogP contribution >= 0.6 is 11.6 Å². The molecule has 1 aliphatic heterocycles. The summed E-state index contributed by atoms with van der Waals surface area (Å²) in [4.78, 5) is 21.4. The van der Waals surface area contributed by atoms with Crippen molar-refractivity contribution in [2.45, 2.75) is 13.3 Å². The number of likely N-dealkylation sites (N-methyl/N-ethyl adjacent to an activating group) is 1. The molecule has 0 bridgehead atoms. The first-order valence-electron chi connectivity index (χ1n) is 8.61. The van der Waals surface area contributed by atoms with Gasteiger partial charge in [0.05, 0.1) is 18.3 Å². The summed E-state index contributed by atoms with van der Waals surface area (Å²) in [5.74, 6) is 0.903. The smallest absolute Gasteiger partial charge is 0.228 e. The maximum absolute atomic E-state index is 12.1. The third kappa shape index (κ3) is 4.94. The van der Waals surface area contributed by atoms with Crippen LogP contribution in [0.5, 0.6) is 0 Å². The summed E-state index contributed by atoms with van der Waals surface area (Å²) in [6.07, 6.45) is 2.04. The molecule has 1 aromatic heterocycles. The number of piperazine rings is 1. The number of halogens is 1. The van der Waals surface area contributed by atoms with Crippen LogP contribution in [0.25, 0.3) is 0 Å². The number of anilines is 2. The molecule has 25 heavy (non-hydrogen) atoms. The fourth-order valence-electron chi connectivity index (χ4n) is 2.93. The molecule has 2 aromatic rings. The predicted octanol–water partition coefficient (Wildman–Crippen LogP) is 3.06. The largest absolute Gasteiger partial charge is 0.354 e. The van der Waals surface area contributed by atoms with Crippen molar-refractivity contribution in [3.05, 3.63) is 53.2 Å². The second-order valence-electron chi connectivity index (χ2n) is 6.18. The normalized spacial score (nSPS) is 15.2. The molecule has 2 heterocycles. The fraction of sp³-hybridized carbons (Fsp3) is 0.368. The highest BCUT2D eigenvalue weighted by atomic mass is 35.5. The van der Waals surface area contributed by atoms with Crippen molar-refractivity contribution in [2.75, 3.05) is 42.9 Å². The topological polar surface area (TPSA) is 48.5 Å². The third-order valence-corrected chi connectivity index (χ3v) is 4.71. The summed E-state index contributed by atoms with van der Waals surface area (Å²) in [7, 11) is 0. The van der Waals surface area contributed by atoms with E-state index in [9.17, 15) is 4.79 Å². The summed E-state index contributed by atoms with van der Waals surface area (Å²) in [5.41, 5.74) is 1.65. The van der Waals surface area contributed by atoms with Gasteiger partial charge in [-0.3, -0.25) is 4.79 Å². The molecule has 132 valence electrons. The Morgan fingerprint density at radius 1 is 1.12 bits per heavy atom. The SMILES string of the molecule is CCN1CCN(c2ccc(NC(=O)Cc3ccc(Cl)cc3)cn2)CC1. The Kier molecular flexibility index (Phi) is 5.89. The van der Waals surface area contributed by atoms with Crippen LogP contribution < -0.4 is 10.2 Å². The van der Waals surface area contributed by atoms with Gasteiger partial charge in [0.15, 0.2) is 0 Å². The first-order valence-corrected chi connectivity index (χ1v) is 8.99. The monoisotopic (exact) mass is 358 g/mol. The molecule has 0 aliphatic carbocycles. The Morgan fingerprint density at radius 2 is 1.84 bits per heavy atom. The maximum Gasteiger partial charge on any atom is 0.228 e. The number of aromatic nitrogens is 1. The zero-order valence-electron chi connectivity index (χ0n) is 14.4. The lowest BCUT2D eigenvalue weighted by Gasteiger charge is -2.34. The second kappa shape index (κ2) is 8.32. The Hall–Kier alpha value is -2.11. The van der Waals surface area contributed by atoms with Crippen molar-refractivity contribution in [1.29, 1.82) is 0 Å². The molecule has 1 saturated heterocycles. The number of hydrogen-bond acceptors (Lipinski definition) is 4. The quantitative estimate of drug-likeness (QED) is 0.892. The number of hydrogen-bond donors (Lipinski definition) is 1. The van der Waals surface area contributed by atoms with E-state index < -0.39 is 0 Å². The molecule has 3 rings (SSSR count). The zero-order chi connectivity index (χ0) is 17.6. The first-order chi connectivity index (χ1) is 12.1. The van der Waals surface area contributed by atoms with Gasteiger partial charge >= 0.3 is 0 Å². The van der Waals surface area contributed by atoms with Gasteiger partial charge in [0.1, 0.15) is 5.82 Å². The van der Waals surface area contributed by atoms with Gasteiger partial charge in [-0.05, 0) is 36.4 Å². The van der Waals surface area contributed by atoms with E-state index in [1.807, 2.05) is 24.3 Å². The number of rotatable bonds is 5. The molecule has 5 nitrogen and oxygen atoms in total. The molecular weight excluding hydrogens is 336 g/mol. The second-order valence-corrected chi connectivity index (χ2v) is 6.61. The van der Waals surface area contributed by atoms with Crippen LogP contribution in [0.2, 0.25) is 5.02 Å². The molecule has 6 heteroatoms. The minimum atomic E-state index is -0.0616. The van der Waals surface area contributed by atoms with E-state index in [1.165, 1.54) is 0 Å². The Morgan fingerprint density at radius 3 is 2.44 bits per heavy atom. The molecule has 0 unspecified atom stereocenters. The molecule has 1 amide bonds. The van der Waals surface area contributed by atoms with Gasteiger partial charge in [0.25, 0.3) is 0 Å². The highest BCUT2D eigenvalue weighted by molar-refractivity contribution is 6.30. The van der Waals surface area contributed by atoms with E-state index in [0.717, 1.165) is 49.8 Å². The molecule has 1 aliphatic rings. The Balaban J connectivity index is 1.53. The van der Waals surface area contributed by atoms with Gasteiger partial charge in [-0.25, -0.2) is 4.98 Å². The van der Waals surface area contributed by atoms with Gasteiger partial charge in [-0.1, -0.05) is 30.7 Å². The molecule has 1 aromatic carbocycles. The number of carbonyl (C=O) groups is 1. The number of pyridine rings is 1. The summed E-state index contributed by atoms with van der Waals surface area (Å²) in [6.45, 7) is 7.40. The maximum atomic E-state index is 12.1. The minimum Gasteiger partial charge on any atom is -0.354 e. The van der Waals surface area contributed by atoms with Crippen molar-refractivity contribution in [2.24, 2.45) is 0 Å². The van der Waals surface area contributed by atoms with Gasteiger partial charge in [0, 0.05) is 31.2 Å². The number of amides is 1. The van der Waals surface area contributed by atoms with Crippen LogP contribution in [-0.2, 0) is 11.2 Å². The summed E-state index contributed by atoms with van der Waals surface area (Å²) < 4.78 is 0. The van der Waals surface area contributed by atoms with Crippen LogP contribution in [0.15, 0.2) is 42.6 Å². The number of carbonyl (C=O) groups excluding carboxylic acids is 1. The number of nitrogens with zero attached hydrogens (tertiary/aromatic N) is 3. The van der Waals surface area contributed by atoms with Crippen LogP contribution in [0.1, 0.15) is 12.5 Å². The standard InChI is InChI=1S/C19H23ClN4O/c1-2-23-9-11-24(12-10-23)18-8-7-17(14-21-18)22-19(25)13-15-3-5-16(20)6-4-15/h3-8,14H,2,9-13H2,1H3,(H,22,25). The summed E-state index contributed by atoms with van der Waals surface area (Å²) in [5, 5.41) is 3.56. The predicted molar refractivity (Wildman–Crippen MR) is 102 cm³/mol. The molecule has 0 radical (unpaired) electrons. The van der Waals surface area contributed by atoms with Crippen molar-refractivity contribution in [3.63, 3.8) is 0 Å². The summed E-state index contributed by atoms with van der Waals surface area (Å²) >= 11 is 5.86. The van der Waals surface area contributed by atoms with Crippen LogP contribution in [0.4, 0.5) is 11.5 Å². The van der Waals surface area contributed by atoms with Crippen molar-refractivity contribution in [3.8, 4) is 0 Å². The molecule has 1 N–H and O–H groups in total. The van der Waals surface area contributed by atoms with E-state index in [-0.39, 0.29) is 5.91 Å². The van der Waals surface area contributed by atoms with Crippen molar-refractivity contribution >= 4 is 29.0 Å². The zero-order valence-corrected chi connectivity index (χ0v) is 15.2. The van der Waals surface area contributed by atoms with Crippen LogP contribution in [0.3, 0.4) is 0 Å². The van der Waals surface area contributed by atoms with E-state index in [4.69, 9.17) is 11.6 Å². The van der Waals surface area contributed by atoms with E-state index in [2.05, 4.69) is 27.0 Å². The van der Waals surface area contributed by atoms with Gasteiger partial charge in [0.2, 0.25) is 5.91 Å². The Labute approximate surface area is 153 Å². The Bertz CT molecular complexity index is 694. The van der Waals surface area contributed by atoms with Gasteiger partial charge < -0.3 is 15.1 Å². The number of benzene rings is 1. The first kappa shape index (κ1) is 17.7. The molecular formula is C19H23ClN4O. The van der Waals surface area contributed by atoms with E-state index >= 15 is 0 Å². The highest BCUT2D eigenvalue weighted by Gasteiger charge is 2.16. The molecule has 0 saturated carbocycles. The highest BCUT2D eigenvalue weighted by Crippen LogP contribution is 2.17. The van der Waals surface area contributed by atoms with Crippen molar-refractivity contribution < 1.29 is 4.79 Å². The molecule has 0 spiro atoms. The molecule has 1 fully saturated rings. The molecule has 0 atom stereocenters. The lowest BCUT2D eigenvalue weighted by Crippen LogP contribution is -2.46. The lowest BCUT2D eigenvalue weighted by molar-refractivity contribution is -0.115. The lowest BCUT2D eigenvalue weighted by atomic mass is 10.1. The fourth-order valence-corrected chi connectivity index (χ4v) is 3.06. The van der Waals surface area contributed by atoms with Gasteiger partial charge in [-0.15, -0.1) is 0 Å². The number of nitrogens with one attached hydrogen (secondary N) is 1. The van der Waals surface area contributed by atoms with E-state index in [1.54, 1.807) is 18.3 Å².